The molecule has 8 nitrogen and oxygen atoms in total. The number of nitro benzene ring substituents is 1. The van der Waals surface area contributed by atoms with Gasteiger partial charge < -0.3 is 14.9 Å². The summed E-state index contributed by atoms with van der Waals surface area (Å²) in [6.07, 6.45) is 2.09. The number of aryl methyl sites for hydroxylation is 1. The first-order valence-electron chi connectivity index (χ1n) is 7.96. The van der Waals surface area contributed by atoms with Crippen molar-refractivity contribution in [3.8, 4) is 11.3 Å². The Balaban J connectivity index is 2.12. The Bertz CT molecular complexity index is 979. The maximum Gasteiger partial charge on any atom is 0.323 e. The van der Waals surface area contributed by atoms with Crippen LogP contribution in [0.2, 0.25) is 0 Å². The predicted octanol–water partition coefficient (Wildman–Crippen LogP) is 2.26. The van der Waals surface area contributed by atoms with Crippen LogP contribution in [0.15, 0.2) is 42.6 Å². The van der Waals surface area contributed by atoms with Crippen molar-refractivity contribution in [2.75, 3.05) is 7.11 Å². The first-order valence-corrected chi connectivity index (χ1v) is 7.96. The largest absolute Gasteiger partial charge is 0.468 e. The maximum atomic E-state index is 11.7. The van der Waals surface area contributed by atoms with Gasteiger partial charge in [-0.05, 0) is 36.8 Å². The molecule has 0 aliphatic carbocycles. The normalized spacial score (nSPS) is 12.1. The second kappa shape index (κ2) is 6.93. The van der Waals surface area contributed by atoms with E-state index in [1.165, 1.54) is 19.2 Å². The van der Waals surface area contributed by atoms with Gasteiger partial charge in [0.2, 0.25) is 0 Å². The molecule has 2 aromatic heterocycles. The van der Waals surface area contributed by atoms with E-state index in [9.17, 15) is 14.9 Å². The van der Waals surface area contributed by atoms with Crippen LogP contribution in [0.4, 0.5) is 5.69 Å². The van der Waals surface area contributed by atoms with Crippen molar-refractivity contribution in [3.05, 3.63) is 64.0 Å². The van der Waals surface area contributed by atoms with E-state index in [1.54, 1.807) is 12.1 Å². The summed E-state index contributed by atoms with van der Waals surface area (Å²) in [5.41, 5.74) is 9.79. The number of nitrogens with zero attached hydrogens (tertiary/aromatic N) is 3. The fourth-order valence-electron chi connectivity index (χ4n) is 2.81. The van der Waals surface area contributed by atoms with E-state index in [0.29, 0.717) is 16.9 Å². The van der Waals surface area contributed by atoms with Gasteiger partial charge >= 0.3 is 5.97 Å². The lowest BCUT2D eigenvalue weighted by Crippen LogP contribution is -2.34. The number of carbonyl (C=O) groups is 1. The summed E-state index contributed by atoms with van der Waals surface area (Å²) in [5.74, 6) is -0.512. The Morgan fingerprint density at radius 3 is 2.65 bits per heavy atom. The van der Waals surface area contributed by atoms with Gasteiger partial charge in [0.25, 0.3) is 5.69 Å². The number of esters is 1. The average molecular weight is 354 g/mol. The minimum Gasteiger partial charge on any atom is -0.468 e. The van der Waals surface area contributed by atoms with Crippen molar-refractivity contribution in [2.24, 2.45) is 5.73 Å². The molecule has 0 saturated heterocycles. The summed E-state index contributed by atoms with van der Waals surface area (Å²) in [6.45, 7) is 1.96. The molecule has 1 atom stereocenters. The van der Waals surface area contributed by atoms with E-state index in [2.05, 4.69) is 4.98 Å². The minimum atomic E-state index is -0.835. The highest BCUT2D eigenvalue weighted by Crippen LogP contribution is 2.27. The molecule has 26 heavy (non-hydrogen) atoms. The molecule has 0 amide bonds. The smallest absolute Gasteiger partial charge is 0.323 e. The van der Waals surface area contributed by atoms with E-state index in [1.807, 2.05) is 29.7 Å². The van der Waals surface area contributed by atoms with Crippen LogP contribution in [0.3, 0.4) is 0 Å². The number of aromatic nitrogens is 2. The first kappa shape index (κ1) is 17.6. The van der Waals surface area contributed by atoms with Crippen LogP contribution in [0.5, 0.6) is 0 Å². The molecule has 1 aromatic carbocycles. The number of rotatable bonds is 5. The monoisotopic (exact) mass is 354 g/mol. The number of imidazole rings is 1. The molecular weight excluding hydrogens is 336 g/mol. The third-order valence-electron chi connectivity index (χ3n) is 4.15. The molecule has 1 unspecified atom stereocenters. The third-order valence-corrected chi connectivity index (χ3v) is 4.15. The van der Waals surface area contributed by atoms with Gasteiger partial charge in [0, 0.05) is 30.3 Å². The average Bonchev–Trinajstić information content (AvgIpc) is 2.98. The molecule has 3 rings (SSSR count). The van der Waals surface area contributed by atoms with Crippen molar-refractivity contribution in [2.45, 2.75) is 19.4 Å². The van der Waals surface area contributed by atoms with Crippen LogP contribution in [0.25, 0.3) is 16.9 Å². The highest BCUT2D eigenvalue weighted by Gasteiger charge is 2.21. The Kier molecular flexibility index (Phi) is 4.68. The third kappa shape index (κ3) is 3.27. The van der Waals surface area contributed by atoms with Gasteiger partial charge in [0.05, 0.1) is 23.4 Å². The van der Waals surface area contributed by atoms with Crippen molar-refractivity contribution >= 4 is 17.3 Å². The van der Waals surface area contributed by atoms with Crippen molar-refractivity contribution < 1.29 is 14.5 Å². The highest BCUT2D eigenvalue weighted by atomic mass is 16.6. The number of fused-ring (bicyclic) bond motifs is 1. The lowest BCUT2D eigenvalue weighted by molar-refractivity contribution is -0.384. The first-order chi connectivity index (χ1) is 12.4. The van der Waals surface area contributed by atoms with Crippen LogP contribution < -0.4 is 5.73 Å². The molecule has 0 aliphatic rings. The molecule has 134 valence electrons. The van der Waals surface area contributed by atoms with Crippen LogP contribution in [-0.2, 0) is 16.0 Å². The quantitative estimate of drug-likeness (QED) is 0.427. The lowest BCUT2D eigenvalue weighted by atomic mass is 10.1. The Morgan fingerprint density at radius 2 is 2.04 bits per heavy atom. The number of hydrogen-bond acceptors (Lipinski definition) is 6. The van der Waals surface area contributed by atoms with E-state index >= 15 is 0 Å². The minimum absolute atomic E-state index is 0.00108. The Labute approximate surface area is 149 Å². The molecule has 0 radical (unpaired) electrons. The molecule has 0 saturated carbocycles. The molecule has 2 N–H and O–H groups in total. The molecule has 0 aliphatic heterocycles. The zero-order chi connectivity index (χ0) is 18.8. The standard InChI is InChI=1S/C18H18N4O4/c1-11-7-8-21-15(10-14(19)18(23)26-2)17(20-16(21)9-11)12-3-5-13(6-4-12)22(24)25/h3-9,14H,10,19H2,1-2H3. The number of ether oxygens (including phenoxy) is 1. The van der Waals surface area contributed by atoms with Gasteiger partial charge in [-0.1, -0.05) is 0 Å². The zero-order valence-corrected chi connectivity index (χ0v) is 14.4. The van der Waals surface area contributed by atoms with Crippen LogP contribution >= 0.6 is 0 Å². The molecule has 3 aromatic rings. The molecule has 0 fully saturated rings. The summed E-state index contributed by atoms with van der Waals surface area (Å²) in [7, 11) is 1.29. The second-order valence-corrected chi connectivity index (χ2v) is 5.98. The van der Waals surface area contributed by atoms with Crippen molar-refractivity contribution in [1.29, 1.82) is 0 Å². The predicted molar refractivity (Wildman–Crippen MR) is 95.7 cm³/mol. The topological polar surface area (TPSA) is 113 Å². The lowest BCUT2D eigenvalue weighted by Gasteiger charge is -2.11. The number of nitro groups is 1. The van der Waals surface area contributed by atoms with Crippen LogP contribution in [-0.4, -0.2) is 33.4 Å². The number of pyridine rings is 1. The number of hydrogen-bond donors (Lipinski definition) is 1. The van der Waals surface area contributed by atoms with Crippen molar-refractivity contribution in [3.63, 3.8) is 0 Å². The van der Waals surface area contributed by atoms with Gasteiger partial charge in [0.15, 0.2) is 0 Å². The van der Waals surface area contributed by atoms with Gasteiger partial charge in [0.1, 0.15) is 11.7 Å². The molecule has 0 spiro atoms. The number of nitrogens with two attached hydrogens (primary N) is 1. The van der Waals surface area contributed by atoms with Gasteiger partial charge in [-0.15, -0.1) is 0 Å². The summed E-state index contributed by atoms with van der Waals surface area (Å²) >= 11 is 0. The van der Waals surface area contributed by atoms with E-state index in [0.717, 1.165) is 11.3 Å². The fraction of sp³-hybridized carbons (Fsp3) is 0.222. The second-order valence-electron chi connectivity index (χ2n) is 5.98. The van der Waals surface area contributed by atoms with Crippen LogP contribution in [0.1, 0.15) is 11.3 Å². The van der Waals surface area contributed by atoms with E-state index < -0.39 is 16.9 Å². The maximum absolute atomic E-state index is 11.7. The summed E-state index contributed by atoms with van der Waals surface area (Å²) in [5, 5.41) is 10.9. The summed E-state index contributed by atoms with van der Waals surface area (Å²) < 4.78 is 6.58. The fourth-order valence-corrected chi connectivity index (χ4v) is 2.81. The molecule has 0 bridgehead atoms. The number of methoxy groups -OCH3 is 1. The molecule has 2 heterocycles. The highest BCUT2D eigenvalue weighted by molar-refractivity contribution is 5.77. The molecule has 8 heteroatoms. The number of benzene rings is 1. The Hall–Kier alpha value is -3.26. The summed E-state index contributed by atoms with van der Waals surface area (Å²) in [6, 6.07) is 9.14. The number of carbonyl (C=O) groups excluding carboxylic acids is 1. The van der Waals surface area contributed by atoms with Crippen LogP contribution in [0, 0.1) is 17.0 Å². The van der Waals surface area contributed by atoms with Crippen molar-refractivity contribution in [1.82, 2.24) is 9.38 Å². The SMILES string of the molecule is COC(=O)C(N)Cc1c(-c2ccc([N+](=O)[O-])cc2)nc2cc(C)ccn12. The van der Waals surface area contributed by atoms with Gasteiger partial charge in [-0.2, -0.15) is 0 Å². The van der Waals surface area contributed by atoms with E-state index in [-0.39, 0.29) is 12.1 Å². The zero-order valence-electron chi connectivity index (χ0n) is 14.4. The van der Waals surface area contributed by atoms with E-state index in [4.69, 9.17) is 10.5 Å². The Morgan fingerprint density at radius 1 is 1.35 bits per heavy atom. The molecular formula is C18H18N4O4. The van der Waals surface area contributed by atoms with Gasteiger partial charge in [-0.25, -0.2) is 4.98 Å². The van der Waals surface area contributed by atoms with Gasteiger partial charge in [-0.3, -0.25) is 14.9 Å². The summed E-state index contributed by atoms with van der Waals surface area (Å²) in [4.78, 5) is 26.8. The number of non-ortho nitro benzene ring substituents is 1.